The molecule has 2 aliphatic rings. The average Bonchev–Trinajstić information content (AvgIpc) is 3.40. The summed E-state index contributed by atoms with van der Waals surface area (Å²) >= 11 is 0. The van der Waals surface area contributed by atoms with Crippen LogP contribution in [0.25, 0.3) is 10.8 Å². The fourth-order valence-corrected chi connectivity index (χ4v) is 5.68. The summed E-state index contributed by atoms with van der Waals surface area (Å²) in [6.07, 6.45) is 1.49. The molecule has 2 saturated heterocycles. The van der Waals surface area contributed by atoms with E-state index in [1.807, 2.05) is 17.0 Å². The topological polar surface area (TPSA) is 55.9 Å². The van der Waals surface area contributed by atoms with Gasteiger partial charge in [-0.25, -0.2) is 4.39 Å². The zero-order chi connectivity index (χ0) is 25.9. The molecule has 1 N–H and O–H groups in total. The molecule has 2 fully saturated rings. The van der Waals surface area contributed by atoms with Gasteiger partial charge in [0, 0.05) is 44.5 Å². The van der Waals surface area contributed by atoms with Crippen molar-refractivity contribution in [3.05, 3.63) is 78.1 Å². The number of carbonyl (C=O) groups excluding carboxylic acids is 2. The number of likely N-dealkylation sites (tertiary alicyclic amines) is 2. The molecular formula is C30H35FN4O2. The minimum atomic E-state index is -0.343. The van der Waals surface area contributed by atoms with Crippen LogP contribution in [0.15, 0.2) is 66.7 Å². The number of nitrogens with zero attached hydrogens (tertiary/aromatic N) is 3. The molecule has 2 amide bonds. The molecular weight excluding hydrogens is 467 g/mol. The maximum absolute atomic E-state index is 13.6. The van der Waals surface area contributed by atoms with Crippen molar-refractivity contribution >= 4 is 28.3 Å². The number of fused-ring (bicyclic) bond motifs is 1. The van der Waals surface area contributed by atoms with E-state index in [4.69, 9.17) is 0 Å². The van der Waals surface area contributed by atoms with E-state index in [1.54, 1.807) is 12.1 Å². The first-order valence-corrected chi connectivity index (χ1v) is 13.1. The molecule has 2 aliphatic heterocycles. The molecule has 1 unspecified atom stereocenters. The Kier molecular flexibility index (Phi) is 7.53. The highest BCUT2D eigenvalue weighted by Crippen LogP contribution is 2.29. The van der Waals surface area contributed by atoms with Crippen LogP contribution in [0, 0.1) is 17.7 Å². The second-order valence-corrected chi connectivity index (χ2v) is 10.7. The minimum Gasteiger partial charge on any atom is -0.341 e. The summed E-state index contributed by atoms with van der Waals surface area (Å²) in [5.41, 5.74) is 1.73. The summed E-state index contributed by atoms with van der Waals surface area (Å²) in [6.45, 7) is 3.38. The number of likely N-dealkylation sites (N-methyl/N-ethyl adjacent to an activating group) is 1. The lowest BCUT2D eigenvalue weighted by molar-refractivity contribution is -0.138. The van der Waals surface area contributed by atoms with E-state index >= 15 is 0 Å². The number of anilines is 1. The lowest BCUT2D eigenvalue weighted by Crippen LogP contribution is -2.49. The van der Waals surface area contributed by atoms with Gasteiger partial charge in [0.25, 0.3) is 0 Å². The number of amides is 2. The number of benzene rings is 3. The smallest absolute Gasteiger partial charge is 0.228 e. The SMILES string of the molecule is CN(C)C1CCN(C(=O)[C@H]2C[C@@H](C(=O)Nc3ccc(F)cc3)CN(Cc3ccc4ccccc4c3)C2)C1. The van der Waals surface area contributed by atoms with Crippen LogP contribution in [0.4, 0.5) is 10.1 Å². The molecule has 0 bridgehead atoms. The Labute approximate surface area is 218 Å². The van der Waals surface area contributed by atoms with Gasteiger partial charge in [-0.3, -0.25) is 14.5 Å². The molecule has 3 aromatic carbocycles. The van der Waals surface area contributed by atoms with E-state index in [9.17, 15) is 14.0 Å². The van der Waals surface area contributed by atoms with Crippen molar-refractivity contribution in [1.29, 1.82) is 0 Å². The zero-order valence-corrected chi connectivity index (χ0v) is 21.6. The van der Waals surface area contributed by atoms with Crippen molar-refractivity contribution in [2.45, 2.75) is 25.4 Å². The van der Waals surface area contributed by atoms with Crippen molar-refractivity contribution in [3.63, 3.8) is 0 Å². The number of rotatable bonds is 6. The number of piperidine rings is 1. The predicted octanol–water partition coefficient (Wildman–Crippen LogP) is 4.22. The molecule has 7 heteroatoms. The fraction of sp³-hybridized carbons (Fsp3) is 0.400. The van der Waals surface area contributed by atoms with Gasteiger partial charge in [0.05, 0.1) is 11.8 Å². The quantitative estimate of drug-likeness (QED) is 0.549. The molecule has 194 valence electrons. The van der Waals surface area contributed by atoms with Crippen LogP contribution >= 0.6 is 0 Å². The maximum Gasteiger partial charge on any atom is 0.228 e. The Morgan fingerprint density at radius 2 is 1.68 bits per heavy atom. The molecule has 3 atom stereocenters. The van der Waals surface area contributed by atoms with E-state index in [0.29, 0.717) is 37.8 Å². The van der Waals surface area contributed by atoms with Crippen molar-refractivity contribution in [2.24, 2.45) is 11.8 Å². The summed E-state index contributed by atoms with van der Waals surface area (Å²) < 4.78 is 13.3. The summed E-state index contributed by atoms with van der Waals surface area (Å²) in [5, 5.41) is 5.31. The largest absolute Gasteiger partial charge is 0.341 e. The van der Waals surface area contributed by atoms with Crippen molar-refractivity contribution in [1.82, 2.24) is 14.7 Å². The Morgan fingerprint density at radius 1 is 0.946 bits per heavy atom. The average molecular weight is 503 g/mol. The van der Waals surface area contributed by atoms with E-state index in [2.05, 4.69) is 59.5 Å². The van der Waals surface area contributed by atoms with Gasteiger partial charge in [-0.1, -0.05) is 36.4 Å². The van der Waals surface area contributed by atoms with Gasteiger partial charge >= 0.3 is 0 Å². The van der Waals surface area contributed by atoms with Crippen LogP contribution < -0.4 is 5.32 Å². The molecule has 0 radical (unpaired) electrons. The Morgan fingerprint density at radius 3 is 2.41 bits per heavy atom. The number of nitrogens with one attached hydrogen (secondary N) is 1. The fourth-order valence-electron chi connectivity index (χ4n) is 5.68. The first kappa shape index (κ1) is 25.4. The molecule has 2 heterocycles. The molecule has 0 aliphatic carbocycles. The lowest BCUT2D eigenvalue weighted by Gasteiger charge is -2.38. The number of carbonyl (C=O) groups is 2. The van der Waals surface area contributed by atoms with E-state index in [0.717, 1.165) is 19.5 Å². The molecule has 0 spiro atoms. The van der Waals surface area contributed by atoms with Crippen molar-refractivity contribution in [2.75, 3.05) is 45.6 Å². The van der Waals surface area contributed by atoms with Crippen LogP contribution in [-0.2, 0) is 16.1 Å². The second-order valence-electron chi connectivity index (χ2n) is 10.7. The Bertz CT molecular complexity index is 1260. The van der Waals surface area contributed by atoms with Crippen molar-refractivity contribution in [3.8, 4) is 0 Å². The Balaban J connectivity index is 1.33. The zero-order valence-electron chi connectivity index (χ0n) is 21.6. The molecule has 0 aromatic heterocycles. The standard InChI is InChI=1S/C30H35FN4O2/c1-33(2)28-13-14-35(20-28)30(37)25-16-24(29(36)32-27-11-9-26(31)10-12-27)18-34(19-25)17-21-7-8-22-5-3-4-6-23(22)15-21/h3-12,15,24-25,28H,13-14,16-20H2,1-2H3,(H,32,36)/t24-,25+,28?/m1/s1. The highest BCUT2D eigenvalue weighted by molar-refractivity contribution is 5.93. The van der Waals surface area contributed by atoms with Gasteiger partial charge in [0.1, 0.15) is 5.82 Å². The summed E-state index contributed by atoms with van der Waals surface area (Å²) in [6, 6.07) is 20.9. The van der Waals surface area contributed by atoms with Gasteiger partial charge in [0.15, 0.2) is 0 Å². The first-order chi connectivity index (χ1) is 17.9. The van der Waals surface area contributed by atoms with Gasteiger partial charge < -0.3 is 15.1 Å². The number of halogens is 1. The van der Waals surface area contributed by atoms with Crippen LogP contribution in [-0.4, -0.2) is 72.8 Å². The Hall–Kier alpha value is -3.29. The maximum atomic E-state index is 13.6. The third kappa shape index (κ3) is 6.00. The predicted molar refractivity (Wildman–Crippen MR) is 145 cm³/mol. The minimum absolute atomic E-state index is 0.125. The number of hydrogen-bond donors (Lipinski definition) is 1. The van der Waals surface area contributed by atoms with Crippen molar-refractivity contribution < 1.29 is 14.0 Å². The van der Waals surface area contributed by atoms with Gasteiger partial charge in [0.2, 0.25) is 11.8 Å². The van der Waals surface area contributed by atoms with Gasteiger partial charge in [-0.15, -0.1) is 0 Å². The molecule has 6 nitrogen and oxygen atoms in total. The van der Waals surface area contributed by atoms with E-state index in [-0.39, 0.29) is 29.5 Å². The molecule has 37 heavy (non-hydrogen) atoms. The monoisotopic (exact) mass is 502 g/mol. The van der Waals surface area contributed by atoms with Gasteiger partial charge in [-0.2, -0.15) is 0 Å². The summed E-state index contributed by atoms with van der Waals surface area (Å²) in [5.74, 6) is -0.892. The van der Waals surface area contributed by atoms with Crippen LogP contribution in [0.5, 0.6) is 0 Å². The molecule has 5 rings (SSSR count). The van der Waals surface area contributed by atoms with E-state index < -0.39 is 0 Å². The number of hydrogen-bond acceptors (Lipinski definition) is 4. The van der Waals surface area contributed by atoms with Crippen LogP contribution in [0.1, 0.15) is 18.4 Å². The molecule has 3 aromatic rings. The third-order valence-corrected chi connectivity index (χ3v) is 7.78. The molecule has 0 saturated carbocycles. The van der Waals surface area contributed by atoms with Gasteiger partial charge in [-0.05, 0) is 73.6 Å². The van der Waals surface area contributed by atoms with Crippen LogP contribution in [0.3, 0.4) is 0 Å². The second kappa shape index (κ2) is 11.0. The first-order valence-electron chi connectivity index (χ1n) is 13.1. The summed E-state index contributed by atoms with van der Waals surface area (Å²) in [4.78, 5) is 33.3. The summed E-state index contributed by atoms with van der Waals surface area (Å²) in [7, 11) is 4.11. The highest BCUT2D eigenvalue weighted by Gasteiger charge is 2.39. The third-order valence-electron chi connectivity index (χ3n) is 7.78. The lowest BCUT2D eigenvalue weighted by atomic mass is 9.87. The highest BCUT2D eigenvalue weighted by atomic mass is 19.1. The van der Waals surface area contributed by atoms with Crippen LogP contribution in [0.2, 0.25) is 0 Å². The normalized spacial score (nSPS) is 22.5. The van der Waals surface area contributed by atoms with E-state index in [1.165, 1.54) is 28.5 Å².